The molecule has 2 rings (SSSR count). The zero-order valence-electron chi connectivity index (χ0n) is 15.6. The van der Waals surface area contributed by atoms with Crippen molar-refractivity contribution in [3.05, 3.63) is 18.3 Å². The molecule has 1 aliphatic heterocycles. The highest BCUT2D eigenvalue weighted by Gasteiger charge is 2.33. The van der Waals surface area contributed by atoms with Crippen LogP contribution in [0.25, 0.3) is 0 Å². The molecular weight excluding hydrogens is 451 g/mol. The first-order chi connectivity index (χ1) is 13.5. The first kappa shape index (κ1) is 23.1. The molecule has 0 aromatic carbocycles. The minimum absolute atomic E-state index is 0.00783. The summed E-state index contributed by atoms with van der Waals surface area (Å²) in [6.45, 7) is 3.76. The normalized spacial score (nSPS) is 14.0. The van der Waals surface area contributed by atoms with Gasteiger partial charge in [-0.1, -0.05) is 53.8 Å². The Bertz CT molecular complexity index is 792. The Morgan fingerprint density at radius 1 is 1.34 bits per heavy atom. The number of halogens is 3. The highest BCUT2D eigenvalue weighted by molar-refractivity contribution is 6.68. The highest BCUT2D eigenvalue weighted by Crippen LogP contribution is 2.30. The van der Waals surface area contributed by atoms with Gasteiger partial charge in [-0.2, -0.15) is 0 Å². The number of carbonyl (C=O) groups excluding carboxylic acids is 4. The van der Waals surface area contributed by atoms with E-state index in [2.05, 4.69) is 5.43 Å². The maximum Gasteiger partial charge on any atom is 0.418 e. The molecule has 1 aliphatic rings. The summed E-state index contributed by atoms with van der Waals surface area (Å²) in [6, 6.07) is 2.00. The van der Waals surface area contributed by atoms with Crippen LogP contribution in [0.4, 0.5) is 15.4 Å². The van der Waals surface area contributed by atoms with Crippen molar-refractivity contribution in [3.8, 4) is 0 Å². The first-order valence-corrected chi connectivity index (χ1v) is 9.64. The lowest BCUT2D eigenvalue weighted by Crippen LogP contribution is -2.51. The van der Waals surface area contributed by atoms with Crippen LogP contribution in [0.2, 0.25) is 0 Å². The average Bonchev–Trinajstić information content (AvgIpc) is 3.20. The van der Waals surface area contributed by atoms with Crippen molar-refractivity contribution < 1.29 is 28.8 Å². The number of ether oxygens (including phenoxy) is 1. The number of hydrogen-bond donors (Lipinski definition) is 1. The Hall–Kier alpha value is -2.17. The summed E-state index contributed by atoms with van der Waals surface area (Å²) in [6.07, 6.45) is 0.147. The van der Waals surface area contributed by atoms with Crippen LogP contribution in [-0.2, 0) is 14.4 Å². The van der Waals surface area contributed by atoms with Gasteiger partial charge in [-0.05, 0) is 18.1 Å². The van der Waals surface area contributed by atoms with Crippen LogP contribution in [0.3, 0.4) is 0 Å². The first-order valence-electron chi connectivity index (χ1n) is 8.51. The second kappa shape index (κ2) is 9.55. The minimum Gasteiger partial charge on any atom is -0.447 e. The van der Waals surface area contributed by atoms with Gasteiger partial charge in [0.05, 0.1) is 13.0 Å². The Labute approximate surface area is 181 Å². The van der Waals surface area contributed by atoms with Gasteiger partial charge in [0.25, 0.3) is 0 Å². The number of hydrogen-bond acceptors (Lipinski definition) is 7. The number of rotatable bonds is 6. The Morgan fingerprint density at radius 2 is 2.03 bits per heavy atom. The van der Waals surface area contributed by atoms with Crippen LogP contribution in [0.5, 0.6) is 0 Å². The quantitative estimate of drug-likeness (QED) is 0.503. The minimum atomic E-state index is -1.93. The van der Waals surface area contributed by atoms with Crippen molar-refractivity contribution in [1.82, 2.24) is 14.9 Å². The number of nitrogens with zero attached hydrogens (tertiary/aromatic N) is 3. The molecule has 0 atom stereocenters. The molecule has 0 spiro atoms. The average molecular weight is 470 g/mol. The largest absolute Gasteiger partial charge is 0.447 e. The van der Waals surface area contributed by atoms with E-state index < -0.39 is 28.3 Å². The molecule has 0 radical (unpaired) electrons. The van der Waals surface area contributed by atoms with E-state index >= 15 is 0 Å². The molecule has 2 heterocycles. The third-order valence-electron chi connectivity index (χ3n) is 3.53. The second-order valence-corrected chi connectivity index (χ2v) is 8.98. The van der Waals surface area contributed by atoms with Crippen LogP contribution < -0.4 is 10.6 Å². The molecular formula is C16H19Cl3N4O6. The van der Waals surface area contributed by atoms with Crippen molar-refractivity contribution in [2.45, 2.75) is 30.5 Å². The topological polar surface area (TPSA) is 110 Å². The number of anilines is 1. The van der Waals surface area contributed by atoms with Gasteiger partial charge in [-0.25, -0.2) is 24.7 Å². The molecule has 0 saturated carbocycles. The summed E-state index contributed by atoms with van der Waals surface area (Å²) in [5.41, 5.74) is 2.23. The molecule has 3 amide bonds. The van der Waals surface area contributed by atoms with E-state index in [1.165, 1.54) is 22.9 Å². The molecule has 1 saturated heterocycles. The van der Waals surface area contributed by atoms with E-state index in [1.807, 2.05) is 13.8 Å². The number of aromatic nitrogens is 1. The van der Waals surface area contributed by atoms with Crippen LogP contribution >= 0.6 is 34.8 Å². The summed E-state index contributed by atoms with van der Waals surface area (Å²) in [5.74, 6) is -1.24. The van der Waals surface area contributed by atoms with Gasteiger partial charge in [-0.15, -0.1) is 0 Å². The molecule has 160 valence electrons. The van der Waals surface area contributed by atoms with E-state index in [-0.39, 0.29) is 37.2 Å². The zero-order chi connectivity index (χ0) is 21.8. The number of cyclic esters (lactones) is 1. The van der Waals surface area contributed by atoms with Gasteiger partial charge >= 0.3 is 18.1 Å². The van der Waals surface area contributed by atoms with Crippen LogP contribution in [-0.4, -0.2) is 50.4 Å². The third-order valence-corrected chi connectivity index (χ3v) is 3.93. The fourth-order valence-electron chi connectivity index (χ4n) is 2.35. The predicted molar refractivity (Wildman–Crippen MR) is 105 cm³/mol. The van der Waals surface area contributed by atoms with Crippen molar-refractivity contribution >= 4 is 64.6 Å². The fraction of sp³-hybridized carbons (Fsp3) is 0.500. The summed E-state index contributed by atoms with van der Waals surface area (Å²) < 4.78 is 3.96. The number of urea groups is 1. The zero-order valence-corrected chi connectivity index (χ0v) is 17.8. The molecule has 1 fully saturated rings. The van der Waals surface area contributed by atoms with E-state index in [0.717, 1.165) is 4.90 Å². The Morgan fingerprint density at radius 3 is 2.59 bits per heavy atom. The van der Waals surface area contributed by atoms with E-state index in [4.69, 9.17) is 44.4 Å². The Kier molecular flexibility index (Phi) is 7.61. The molecule has 1 N–H and O–H groups in total. The van der Waals surface area contributed by atoms with Gasteiger partial charge in [0.1, 0.15) is 6.61 Å². The SMILES string of the molecule is CC(C)CC(=O)n1cccc1N(NC(=O)N1CCOC1=O)OC(=O)CC(Cl)(Cl)Cl. The Balaban J connectivity index is 2.26. The van der Waals surface area contributed by atoms with Crippen LogP contribution in [0, 0.1) is 5.92 Å². The summed E-state index contributed by atoms with van der Waals surface area (Å²) in [5, 5.41) is 0.644. The number of amides is 3. The summed E-state index contributed by atoms with van der Waals surface area (Å²) >= 11 is 16.8. The van der Waals surface area contributed by atoms with Crippen molar-refractivity contribution in [1.29, 1.82) is 0 Å². The number of alkyl halides is 3. The molecule has 1 aromatic heterocycles. The lowest BCUT2D eigenvalue weighted by molar-refractivity contribution is -0.146. The van der Waals surface area contributed by atoms with Gasteiger partial charge in [0.15, 0.2) is 5.82 Å². The lowest BCUT2D eigenvalue weighted by Gasteiger charge is -2.26. The molecule has 13 heteroatoms. The molecule has 0 aliphatic carbocycles. The number of hydrazine groups is 1. The molecule has 29 heavy (non-hydrogen) atoms. The van der Waals surface area contributed by atoms with Crippen molar-refractivity contribution in [3.63, 3.8) is 0 Å². The predicted octanol–water partition coefficient (Wildman–Crippen LogP) is 3.28. The highest BCUT2D eigenvalue weighted by atomic mass is 35.6. The maximum absolute atomic E-state index is 12.5. The van der Waals surface area contributed by atoms with Crippen LogP contribution in [0.15, 0.2) is 18.3 Å². The molecule has 0 unspecified atom stereocenters. The lowest BCUT2D eigenvalue weighted by atomic mass is 10.1. The van der Waals surface area contributed by atoms with Gasteiger partial charge in [0.2, 0.25) is 9.70 Å². The summed E-state index contributed by atoms with van der Waals surface area (Å²) in [4.78, 5) is 54.5. The smallest absolute Gasteiger partial charge is 0.418 e. The van der Waals surface area contributed by atoms with Crippen molar-refractivity contribution in [2.75, 3.05) is 18.3 Å². The van der Waals surface area contributed by atoms with Crippen molar-refractivity contribution in [2.24, 2.45) is 5.92 Å². The number of carbonyl (C=O) groups is 4. The number of nitrogens with one attached hydrogen (secondary N) is 1. The van der Waals surface area contributed by atoms with Gasteiger partial charge in [0, 0.05) is 12.6 Å². The molecule has 10 nitrogen and oxygen atoms in total. The van der Waals surface area contributed by atoms with Gasteiger partial charge < -0.3 is 9.57 Å². The summed E-state index contributed by atoms with van der Waals surface area (Å²) in [7, 11) is 0. The van der Waals surface area contributed by atoms with E-state index in [1.54, 1.807) is 0 Å². The van der Waals surface area contributed by atoms with Gasteiger partial charge in [-0.3, -0.25) is 9.36 Å². The second-order valence-electron chi connectivity index (χ2n) is 6.46. The molecule has 1 aromatic rings. The fourth-order valence-corrected chi connectivity index (χ4v) is 2.67. The van der Waals surface area contributed by atoms with E-state index in [9.17, 15) is 19.2 Å². The molecule has 0 bridgehead atoms. The maximum atomic E-state index is 12.5. The third kappa shape index (κ3) is 6.69. The number of imide groups is 1. The monoisotopic (exact) mass is 468 g/mol. The van der Waals surface area contributed by atoms with Crippen LogP contribution in [0.1, 0.15) is 31.5 Å². The van der Waals surface area contributed by atoms with E-state index in [0.29, 0.717) is 5.17 Å². The standard InChI is InChI=1S/C16H19Cl3N4O6/c1-10(2)8-12(24)21-5-3-4-11(21)23(29-13(25)9-16(17,18)19)20-14(26)22-6-7-28-15(22)27/h3-5,10H,6-9H2,1-2H3,(H,20,26).